The summed E-state index contributed by atoms with van der Waals surface area (Å²) in [5, 5.41) is 0. The van der Waals surface area contributed by atoms with Gasteiger partial charge in [0, 0.05) is 6.20 Å². The smallest absolute Gasteiger partial charge is 0.227 e. The maximum Gasteiger partial charge on any atom is 0.227 e. The number of nitrogens with zero attached hydrogens (tertiary/aromatic N) is 1. The first-order chi connectivity index (χ1) is 5.66. The van der Waals surface area contributed by atoms with Crippen molar-refractivity contribution in [3.05, 3.63) is 23.8 Å². The summed E-state index contributed by atoms with van der Waals surface area (Å²) in [5.74, 6) is -0.964. The summed E-state index contributed by atoms with van der Waals surface area (Å²) in [6, 6.07) is 1.44. The number of carbonyl (C=O) groups excluding carboxylic acids is 1. The van der Waals surface area contributed by atoms with Gasteiger partial charge in [0.2, 0.25) is 5.95 Å². The average molecular weight is 169 g/mol. The lowest BCUT2D eigenvalue weighted by Crippen LogP contribution is -2.02. The maximum atomic E-state index is 12.9. The normalized spacial score (nSPS) is 9.58. The number of carbonyl (C=O) groups is 1. The van der Waals surface area contributed by atoms with Gasteiger partial charge in [0.25, 0.3) is 0 Å². The van der Waals surface area contributed by atoms with E-state index >= 15 is 0 Å². The van der Waals surface area contributed by atoms with E-state index in [1.807, 2.05) is 0 Å². The third-order valence-corrected chi connectivity index (χ3v) is 1.44. The van der Waals surface area contributed by atoms with Crippen molar-refractivity contribution < 1.29 is 13.9 Å². The fourth-order valence-corrected chi connectivity index (χ4v) is 0.909. The molecule has 1 rings (SSSR count). The molecule has 12 heavy (non-hydrogen) atoms. The van der Waals surface area contributed by atoms with Crippen LogP contribution in [0.25, 0.3) is 0 Å². The Balaban J connectivity index is 3.29. The van der Waals surface area contributed by atoms with E-state index in [9.17, 15) is 9.18 Å². The number of halogens is 1. The van der Waals surface area contributed by atoms with E-state index in [1.54, 1.807) is 0 Å². The first kappa shape index (κ1) is 8.64. The van der Waals surface area contributed by atoms with Crippen LogP contribution in [0.4, 0.5) is 4.39 Å². The first-order valence-corrected chi connectivity index (χ1v) is 3.36. The van der Waals surface area contributed by atoms with Crippen molar-refractivity contribution in [2.24, 2.45) is 0 Å². The van der Waals surface area contributed by atoms with Gasteiger partial charge in [-0.3, -0.25) is 4.79 Å². The number of hydrogen-bond acceptors (Lipinski definition) is 3. The van der Waals surface area contributed by atoms with Gasteiger partial charge in [0.1, 0.15) is 11.3 Å². The Morgan fingerprint density at radius 2 is 2.33 bits per heavy atom. The highest BCUT2D eigenvalue weighted by Crippen LogP contribution is 2.19. The largest absolute Gasteiger partial charge is 0.496 e. The van der Waals surface area contributed by atoms with E-state index in [0.717, 1.165) is 0 Å². The zero-order valence-electron chi connectivity index (χ0n) is 6.80. The van der Waals surface area contributed by atoms with Gasteiger partial charge in [-0.25, -0.2) is 4.98 Å². The summed E-state index contributed by atoms with van der Waals surface area (Å²) in [6.07, 6.45) is 1.25. The molecule has 0 saturated carbocycles. The van der Waals surface area contributed by atoms with Gasteiger partial charge in [-0.2, -0.15) is 4.39 Å². The number of hydrogen-bond donors (Lipinski definition) is 0. The van der Waals surface area contributed by atoms with Gasteiger partial charge in [0.15, 0.2) is 5.78 Å². The number of methoxy groups -OCH3 is 1. The highest BCUT2D eigenvalue weighted by Gasteiger charge is 2.13. The molecular weight excluding hydrogens is 161 g/mol. The molecule has 0 aromatic carbocycles. The van der Waals surface area contributed by atoms with Crippen LogP contribution in [0, 0.1) is 5.95 Å². The lowest BCUT2D eigenvalue weighted by molar-refractivity contribution is 0.101. The van der Waals surface area contributed by atoms with E-state index in [1.165, 1.54) is 26.3 Å². The number of Topliss-reactive ketones (excluding diaryl/α,β-unsaturated/α-hetero) is 1. The Morgan fingerprint density at radius 3 is 2.75 bits per heavy atom. The second-order valence-electron chi connectivity index (χ2n) is 2.24. The molecule has 1 aromatic heterocycles. The molecule has 3 nitrogen and oxygen atoms in total. The van der Waals surface area contributed by atoms with Crippen molar-refractivity contribution >= 4 is 5.78 Å². The molecule has 0 bridgehead atoms. The summed E-state index contributed by atoms with van der Waals surface area (Å²) in [5.41, 5.74) is -0.0972. The molecule has 4 heteroatoms. The zero-order chi connectivity index (χ0) is 9.14. The molecule has 64 valence electrons. The summed E-state index contributed by atoms with van der Waals surface area (Å²) in [6.45, 7) is 1.27. The van der Waals surface area contributed by atoms with Crippen molar-refractivity contribution in [3.8, 4) is 5.75 Å². The Kier molecular flexibility index (Phi) is 2.38. The van der Waals surface area contributed by atoms with Crippen LogP contribution in [0.3, 0.4) is 0 Å². The van der Waals surface area contributed by atoms with Crippen LogP contribution in [-0.4, -0.2) is 17.9 Å². The van der Waals surface area contributed by atoms with Crippen molar-refractivity contribution in [2.45, 2.75) is 6.92 Å². The third kappa shape index (κ3) is 1.42. The fraction of sp³-hybridized carbons (Fsp3) is 0.250. The molecular formula is C8H8FNO2. The molecule has 0 unspecified atom stereocenters. The molecule has 0 fully saturated rings. The molecule has 0 radical (unpaired) electrons. The minimum atomic E-state index is -0.790. The lowest BCUT2D eigenvalue weighted by Gasteiger charge is -2.04. The second-order valence-corrected chi connectivity index (χ2v) is 2.24. The molecule has 1 heterocycles. The number of ether oxygens (including phenoxy) is 1. The van der Waals surface area contributed by atoms with Crippen LogP contribution in [0.15, 0.2) is 12.3 Å². The van der Waals surface area contributed by atoms with E-state index in [-0.39, 0.29) is 11.3 Å². The molecule has 0 spiro atoms. The molecule has 0 aliphatic heterocycles. The number of rotatable bonds is 2. The Bertz CT molecular complexity index is 312. The zero-order valence-corrected chi connectivity index (χ0v) is 6.80. The van der Waals surface area contributed by atoms with Gasteiger partial charge in [-0.05, 0) is 13.0 Å². The van der Waals surface area contributed by atoms with Crippen molar-refractivity contribution in [1.29, 1.82) is 0 Å². The quantitative estimate of drug-likeness (QED) is 0.496. The molecule has 0 atom stereocenters. The van der Waals surface area contributed by atoms with Gasteiger partial charge < -0.3 is 4.74 Å². The minimum Gasteiger partial charge on any atom is -0.496 e. The van der Waals surface area contributed by atoms with Gasteiger partial charge in [-0.1, -0.05) is 0 Å². The molecule has 0 amide bonds. The topological polar surface area (TPSA) is 39.2 Å². The molecule has 0 aliphatic rings. The molecule has 1 aromatic rings. The predicted molar refractivity (Wildman–Crippen MR) is 40.8 cm³/mol. The minimum absolute atomic E-state index is 0.0972. The summed E-state index contributed by atoms with van der Waals surface area (Å²) >= 11 is 0. The third-order valence-electron chi connectivity index (χ3n) is 1.44. The number of aromatic nitrogens is 1. The Hall–Kier alpha value is -1.45. The Labute approximate surface area is 69.2 Å². The van der Waals surface area contributed by atoms with Crippen LogP contribution >= 0.6 is 0 Å². The van der Waals surface area contributed by atoms with E-state index in [0.29, 0.717) is 0 Å². The Morgan fingerprint density at radius 1 is 1.67 bits per heavy atom. The van der Waals surface area contributed by atoms with Crippen molar-refractivity contribution in [2.75, 3.05) is 7.11 Å². The molecule has 0 saturated heterocycles. The molecule has 0 N–H and O–H groups in total. The monoisotopic (exact) mass is 169 g/mol. The summed E-state index contributed by atoms with van der Waals surface area (Å²) in [7, 11) is 1.38. The van der Waals surface area contributed by atoms with Crippen LogP contribution in [0.5, 0.6) is 5.75 Å². The highest BCUT2D eigenvalue weighted by atomic mass is 19.1. The van der Waals surface area contributed by atoms with Gasteiger partial charge in [-0.15, -0.1) is 0 Å². The van der Waals surface area contributed by atoms with Crippen LogP contribution in [0.2, 0.25) is 0 Å². The highest BCUT2D eigenvalue weighted by molar-refractivity contribution is 5.96. The van der Waals surface area contributed by atoms with Crippen LogP contribution in [-0.2, 0) is 0 Å². The van der Waals surface area contributed by atoms with E-state index in [2.05, 4.69) is 4.98 Å². The van der Waals surface area contributed by atoms with E-state index in [4.69, 9.17) is 4.74 Å². The van der Waals surface area contributed by atoms with Crippen molar-refractivity contribution in [3.63, 3.8) is 0 Å². The molecule has 0 aliphatic carbocycles. The van der Waals surface area contributed by atoms with Gasteiger partial charge in [0.05, 0.1) is 7.11 Å². The second kappa shape index (κ2) is 3.30. The number of ketones is 1. The standard InChI is InChI=1S/C8H8FNO2/c1-5(11)7-6(12-2)3-4-10-8(7)9/h3-4H,1-2H3. The van der Waals surface area contributed by atoms with E-state index < -0.39 is 11.7 Å². The van der Waals surface area contributed by atoms with Crippen LogP contribution in [0.1, 0.15) is 17.3 Å². The summed E-state index contributed by atoms with van der Waals surface area (Å²) < 4.78 is 17.7. The maximum absolute atomic E-state index is 12.9. The average Bonchev–Trinajstić information content (AvgIpc) is 2.03. The fourth-order valence-electron chi connectivity index (χ4n) is 0.909. The summed E-state index contributed by atoms with van der Waals surface area (Å²) in [4.78, 5) is 14.2. The SMILES string of the molecule is COc1ccnc(F)c1C(C)=O. The predicted octanol–water partition coefficient (Wildman–Crippen LogP) is 1.43. The van der Waals surface area contributed by atoms with Crippen molar-refractivity contribution in [1.82, 2.24) is 4.98 Å². The van der Waals surface area contributed by atoms with Crippen LogP contribution < -0.4 is 4.74 Å². The first-order valence-electron chi connectivity index (χ1n) is 3.36. The number of pyridine rings is 1. The lowest BCUT2D eigenvalue weighted by atomic mass is 10.2. The van der Waals surface area contributed by atoms with Gasteiger partial charge >= 0.3 is 0 Å².